The predicted octanol–water partition coefficient (Wildman–Crippen LogP) is 0.941. The SMILES string of the molecule is C=CCNC(=O)N1CC2CCCC(N)C2C1. The van der Waals surface area contributed by atoms with Crippen molar-refractivity contribution in [3.63, 3.8) is 0 Å². The lowest BCUT2D eigenvalue weighted by atomic mass is 9.78. The third-order valence-corrected chi connectivity index (χ3v) is 3.84. The average Bonchev–Trinajstić information content (AvgIpc) is 2.71. The number of amides is 2. The fourth-order valence-corrected chi connectivity index (χ4v) is 2.95. The molecule has 1 aliphatic carbocycles. The molecule has 1 saturated carbocycles. The zero-order valence-corrected chi connectivity index (χ0v) is 9.69. The quantitative estimate of drug-likeness (QED) is 0.685. The third-order valence-electron chi connectivity index (χ3n) is 3.84. The zero-order chi connectivity index (χ0) is 11.5. The van der Waals surface area contributed by atoms with E-state index in [4.69, 9.17) is 5.73 Å². The normalized spacial score (nSPS) is 33.3. The van der Waals surface area contributed by atoms with E-state index in [1.165, 1.54) is 12.8 Å². The van der Waals surface area contributed by atoms with Gasteiger partial charge in [-0.1, -0.05) is 12.5 Å². The van der Waals surface area contributed by atoms with Crippen LogP contribution in [-0.2, 0) is 0 Å². The highest BCUT2D eigenvalue weighted by Gasteiger charge is 2.40. The summed E-state index contributed by atoms with van der Waals surface area (Å²) in [6.45, 7) is 5.83. The van der Waals surface area contributed by atoms with Gasteiger partial charge in [0.05, 0.1) is 0 Å². The summed E-state index contributed by atoms with van der Waals surface area (Å²) in [5.74, 6) is 1.14. The van der Waals surface area contributed by atoms with Crippen LogP contribution in [0.5, 0.6) is 0 Å². The fraction of sp³-hybridized carbons (Fsp3) is 0.750. The highest BCUT2D eigenvalue weighted by atomic mass is 16.2. The number of nitrogens with zero attached hydrogens (tertiary/aromatic N) is 1. The number of nitrogens with one attached hydrogen (secondary N) is 1. The van der Waals surface area contributed by atoms with Gasteiger partial charge in [-0.05, 0) is 24.7 Å². The molecule has 2 rings (SSSR count). The number of urea groups is 1. The molecule has 1 saturated heterocycles. The lowest BCUT2D eigenvalue weighted by molar-refractivity contribution is 0.207. The van der Waals surface area contributed by atoms with Crippen molar-refractivity contribution in [2.75, 3.05) is 19.6 Å². The van der Waals surface area contributed by atoms with Gasteiger partial charge in [-0.25, -0.2) is 4.79 Å². The van der Waals surface area contributed by atoms with Crippen LogP contribution in [0.3, 0.4) is 0 Å². The minimum absolute atomic E-state index is 0.0292. The van der Waals surface area contributed by atoms with Gasteiger partial charge in [-0.2, -0.15) is 0 Å². The Morgan fingerprint density at radius 3 is 3.00 bits per heavy atom. The number of fused-ring (bicyclic) bond motifs is 1. The summed E-state index contributed by atoms with van der Waals surface area (Å²) in [5.41, 5.74) is 6.11. The zero-order valence-electron chi connectivity index (χ0n) is 9.69. The van der Waals surface area contributed by atoms with Crippen molar-refractivity contribution in [1.29, 1.82) is 0 Å². The first-order chi connectivity index (χ1) is 7.72. The molecule has 4 heteroatoms. The number of nitrogens with two attached hydrogens (primary N) is 1. The molecule has 0 radical (unpaired) electrons. The van der Waals surface area contributed by atoms with E-state index in [9.17, 15) is 4.79 Å². The van der Waals surface area contributed by atoms with Gasteiger partial charge in [-0.3, -0.25) is 0 Å². The highest BCUT2D eigenvalue weighted by molar-refractivity contribution is 5.74. The van der Waals surface area contributed by atoms with Crippen LogP contribution in [0.25, 0.3) is 0 Å². The van der Waals surface area contributed by atoms with Crippen LogP contribution in [0.15, 0.2) is 12.7 Å². The summed E-state index contributed by atoms with van der Waals surface area (Å²) in [6.07, 6.45) is 5.25. The molecule has 2 fully saturated rings. The van der Waals surface area contributed by atoms with Crippen LogP contribution in [0, 0.1) is 11.8 Å². The molecule has 4 nitrogen and oxygen atoms in total. The van der Waals surface area contributed by atoms with Crippen LogP contribution >= 0.6 is 0 Å². The third kappa shape index (κ3) is 2.21. The lowest BCUT2D eigenvalue weighted by Gasteiger charge is -2.29. The van der Waals surface area contributed by atoms with Crippen molar-refractivity contribution in [1.82, 2.24) is 10.2 Å². The molecule has 2 aliphatic rings. The molecule has 0 bridgehead atoms. The summed E-state index contributed by atoms with van der Waals surface area (Å²) in [6, 6.07) is 0.317. The van der Waals surface area contributed by atoms with Crippen LogP contribution in [0.2, 0.25) is 0 Å². The molecular formula is C12H21N3O. The van der Waals surface area contributed by atoms with Gasteiger partial charge in [0.2, 0.25) is 0 Å². The van der Waals surface area contributed by atoms with Crippen molar-refractivity contribution in [2.45, 2.75) is 25.3 Å². The fourth-order valence-electron chi connectivity index (χ4n) is 2.95. The van der Waals surface area contributed by atoms with Crippen LogP contribution < -0.4 is 11.1 Å². The Labute approximate surface area is 96.9 Å². The minimum atomic E-state index is 0.0292. The Balaban J connectivity index is 1.90. The number of rotatable bonds is 2. The maximum atomic E-state index is 11.8. The minimum Gasteiger partial charge on any atom is -0.335 e. The van der Waals surface area contributed by atoms with Crippen LogP contribution in [-0.4, -0.2) is 36.6 Å². The second kappa shape index (κ2) is 4.87. The van der Waals surface area contributed by atoms with Crippen LogP contribution in [0.1, 0.15) is 19.3 Å². The van der Waals surface area contributed by atoms with Crippen molar-refractivity contribution in [3.05, 3.63) is 12.7 Å². The van der Waals surface area contributed by atoms with E-state index in [1.807, 2.05) is 4.90 Å². The van der Waals surface area contributed by atoms with Crippen molar-refractivity contribution in [2.24, 2.45) is 17.6 Å². The van der Waals surface area contributed by atoms with E-state index in [0.29, 0.717) is 18.4 Å². The maximum absolute atomic E-state index is 11.8. The summed E-state index contributed by atoms with van der Waals surface area (Å²) >= 11 is 0. The molecule has 0 aromatic heterocycles. The maximum Gasteiger partial charge on any atom is 0.317 e. The molecule has 3 atom stereocenters. The van der Waals surface area contributed by atoms with E-state index < -0.39 is 0 Å². The monoisotopic (exact) mass is 223 g/mol. The Morgan fingerprint density at radius 1 is 1.50 bits per heavy atom. The van der Waals surface area contributed by atoms with Crippen molar-refractivity contribution in [3.8, 4) is 0 Å². The Morgan fingerprint density at radius 2 is 2.31 bits per heavy atom. The van der Waals surface area contributed by atoms with Crippen LogP contribution in [0.4, 0.5) is 4.79 Å². The van der Waals surface area contributed by atoms with Gasteiger partial charge in [0.25, 0.3) is 0 Å². The van der Waals surface area contributed by atoms with Gasteiger partial charge in [0.15, 0.2) is 0 Å². The second-order valence-electron chi connectivity index (χ2n) is 4.90. The van der Waals surface area contributed by atoms with Crippen molar-refractivity contribution >= 4 is 6.03 Å². The molecular weight excluding hydrogens is 202 g/mol. The Kier molecular flexibility index (Phi) is 3.49. The molecule has 0 aromatic rings. The molecule has 2 amide bonds. The van der Waals surface area contributed by atoms with Gasteiger partial charge >= 0.3 is 6.03 Å². The molecule has 0 spiro atoms. The largest absolute Gasteiger partial charge is 0.335 e. The highest BCUT2D eigenvalue weighted by Crippen LogP contribution is 2.35. The van der Waals surface area contributed by atoms with Gasteiger partial charge in [-0.15, -0.1) is 6.58 Å². The molecule has 3 unspecified atom stereocenters. The molecule has 1 heterocycles. The van der Waals surface area contributed by atoms with E-state index >= 15 is 0 Å². The van der Waals surface area contributed by atoms with Gasteiger partial charge in [0, 0.05) is 25.7 Å². The second-order valence-corrected chi connectivity index (χ2v) is 4.90. The van der Waals surface area contributed by atoms with E-state index in [-0.39, 0.29) is 12.1 Å². The predicted molar refractivity (Wildman–Crippen MR) is 64.0 cm³/mol. The van der Waals surface area contributed by atoms with E-state index in [1.54, 1.807) is 6.08 Å². The first-order valence-corrected chi connectivity index (χ1v) is 6.11. The smallest absolute Gasteiger partial charge is 0.317 e. The number of hydrogen-bond donors (Lipinski definition) is 2. The molecule has 16 heavy (non-hydrogen) atoms. The average molecular weight is 223 g/mol. The van der Waals surface area contributed by atoms with Gasteiger partial charge < -0.3 is 16.0 Å². The number of hydrogen-bond acceptors (Lipinski definition) is 2. The summed E-state index contributed by atoms with van der Waals surface area (Å²) in [7, 11) is 0. The number of carbonyl (C=O) groups excluding carboxylic acids is 1. The van der Waals surface area contributed by atoms with E-state index in [0.717, 1.165) is 19.5 Å². The summed E-state index contributed by atoms with van der Waals surface area (Å²) < 4.78 is 0. The molecule has 3 N–H and O–H groups in total. The van der Waals surface area contributed by atoms with Gasteiger partial charge in [0.1, 0.15) is 0 Å². The first kappa shape index (κ1) is 11.5. The topological polar surface area (TPSA) is 58.4 Å². The lowest BCUT2D eigenvalue weighted by Crippen LogP contribution is -2.40. The van der Waals surface area contributed by atoms with Crippen molar-refractivity contribution < 1.29 is 4.79 Å². The standard InChI is InChI=1S/C12H21N3O/c1-2-6-14-12(16)15-7-9-4-3-5-11(13)10(9)8-15/h2,9-11H,1,3-8,13H2,(H,14,16). The Bertz CT molecular complexity index is 279. The van der Waals surface area contributed by atoms with E-state index in [2.05, 4.69) is 11.9 Å². The first-order valence-electron chi connectivity index (χ1n) is 6.11. The molecule has 90 valence electrons. The Hall–Kier alpha value is -1.03. The molecule has 0 aromatic carbocycles. The summed E-state index contributed by atoms with van der Waals surface area (Å²) in [4.78, 5) is 13.7. The number of carbonyl (C=O) groups is 1. The number of likely N-dealkylation sites (tertiary alicyclic amines) is 1. The summed E-state index contributed by atoms with van der Waals surface area (Å²) in [5, 5.41) is 2.83. The molecule has 1 aliphatic heterocycles.